The van der Waals surface area contributed by atoms with Crippen LogP contribution in [0.25, 0.3) is 17.0 Å². The Bertz CT molecular complexity index is 1780. The van der Waals surface area contributed by atoms with Gasteiger partial charge in [-0.2, -0.15) is 0 Å². The van der Waals surface area contributed by atoms with Crippen LogP contribution in [0.2, 0.25) is 0 Å². The molecule has 5 aromatic rings. The largest absolute Gasteiger partial charge is 0.354 e. The molecule has 0 spiro atoms. The summed E-state index contributed by atoms with van der Waals surface area (Å²) in [5.74, 6) is 0.126. The van der Waals surface area contributed by atoms with E-state index in [4.69, 9.17) is 0 Å². The first-order chi connectivity index (χ1) is 19.4. The van der Waals surface area contributed by atoms with Crippen molar-refractivity contribution in [1.82, 2.24) is 19.9 Å². The van der Waals surface area contributed by atoms with Crippen LogP contribution in [0.15, 0.2) is 85.6 Å². The van der Waals surface area contributed by atoms with Crippen LogP contribution < -0.4 is 15.5 Å². The number of rotatable bonds is 10. The number of hydrogen-bond acceptors (Lipinski definition) is 8. The molecule has 0 saturated heterocycles. The van der Waals surface area contributed by atoms with Crippen LogP contribution in [0.4, 0.5) is 16.5 Å². The molecular weight excluding hydrogens is 541 g/mol. The fourth-order valence-corrected chi connectivity index (χ4v) is 6.17. The Kier molecular flexibility index (Phi) is 7.38. The Balaban J connectivity index is 1.15. The van der Waals surface area contributed by atoms with Crippen molar-refractivity contribution in [2.45, 2.75) is 19.6 Å². The molecule has 6 rings (SSSR count). The lowest BCUT2D eigenvalue weighted by Gasteiger charge is -2.25. The molecular formula is C30H30N6O2S2. The van der Waals surface area contributed by atoms with Gasteiger partial charge in [0, 0.05) is 83.3 Å². The second-order valence-corrected chi connectivity index (χ2v) is 13.3. The lowest BCUT2D eigenvalue weighted by Crippen LogP contribution is -2.21. The molecule has 0 unspecified atom stereocenters. The molecule has 3 aromatic heterocycles. The first-order valence-corrected chi connectivity index (χ1v) is 15.9. The van der Waals surface area contributed by atoms with E-state index in [1.165, 1.54) is 22.7 Å². The molecule has 0 aliphatic carbocycles. The highest BCUT2D eigenvalue weighted by Gasteiger charge is 2.19. The van der Waals surface area contributed by atoms with Crippen molar-refractivity contribution in [3.05, 3.63) is 107 Å². The molecule has 1 aliphatic rings. The van der Waals surface area contributed by atoms with E-state index in [0.29, 0.717) is 19.6 Å². The average Bonchev–Trinajstić information content (AvgIpc) is 3.58. The fourth-order valence-electron chi connectivity index (χ4n) is 4.79. The Morgan fingerprint density at radius 1 is 1.05 bits per heavy atom. The van der Waals surface area contributed by atoms with Gasteiger partial charge >= 0.3 is 0 Å². The zero-order valence-corrected chi connectivity index (χ0v) is 23.8. The molecule has 0 radical (unpaired) electrons. The zero-order chi connectivity index (χ0) is 27.5. The van der Waals surface area contributed by atoms with Crippen molar-refractivity contribution in [2.24, 2.45) is 0 Å². The summed E-state index contributed by atoms with van der Waals surface area (Å²) >= 11 is 1.60. The van der Waals surface area contributed by atoms with Crippen LogP contribution >= 0.6 is 11.3 Å². The minimum atomic E-state index is -2.97. The van der Waals surface area contributed by atoms with Crippen LogP contribution in [0, 0.1) is 0 Å². The zero-order valence-electron chi connectivity index (χ0n) is 22.1. The highest BCUT2D eigenvalue weighted by atomic mass is 32.2. The summed E-state index contributed by atoms with van der Waals surface area (Å²) in [5.41, 5.74) is 6.68. The molecule has 4 heterocycles. The minimum absolute atomic E-state index is 0.126. The van der Waals surface area contributed by atoms with Crippen LogP contribution in [0.1, 0.15) is 21.6 Å². The van der Waals surface area contributed by atoms with Gasteiger partial charge in [-0.1, -0.05) is 30.3 Å². The van der Waals surface area contributed by atoms with E-state index < -0.39 is 9.84 Å². The van der Waals surface area contributed by atoms with Gasteiger partial charge in [-0.25, -0.2) is 13.4 Å². The molecule has 10 heteroatoms. The SMILES string of the molecule is CS(=O)(=O)CCNCc1cnc(N2C=Cc3cncc(Nc4ccc5c(ccn5Cc5ccccc5)c4)c3C2)s1. The maximum absolute atomic E-state index is 11.3. The summed E-state index contributed by atoms with van der Waals surface area (Å²) in [6.07, 6.45) is 13.1. The lowest BCUT2D eigenvalue weighted by atomic mass is 10.1. The summed E-state index contributed by atoms with van der Waals surface area (Å²) in [4.78, 5) is 12.3. The Hall–Kier alpha value is -3.99. The van der Waals surface area contributed by atoms with Gasteiger partial charge in [-0.3, -0.25) is 4.98 Å². The van der Waals surface area contributed by atoms with Gasteiger partial charge < -0.3 is 20.1 Å². The maximum Gasteiger partial charge on any atom is 0.189 e. The molecule has 2 N–H and O–H groups in total. The molecule has 8 nitrogen and oxygen atoms in total. The second kappa shape index (κ2) is 11.2. The number of fused-ring (bicyclic) bond motifs is 2. The molecule has 0 amide bonds. The third-order valence-electron chi connectivity index (χ3n) is 6.84. The summed E-state index contributed by atoms with van der Waals surface area (Å²) in [7, 11) is -2.97. The van der Waals surface area contributed by atoms with E-state index in [1.807, 2.05) is 30.9 Å². The highest BCUT2D eigenvalue weighted by Crippen LogP contribution is 2.33. The number of hydrogen-bond donors (Lipinski definition) is 2. The van der Waals surface area contributed by atoms with Crippen molar-refractivity contribution < 1.29 is 8.42 Å². The number of anilines is 3. The average molecular weight is 571 g/mol. The number of aromatic nitrogens is 3. The predicted molar refractivity (Wildman–Crippen MR) is 164 cm³/mol. The minimum Gasteiger partial charge on any atom is -0.354 e. The van der Waals surface area contributed by atoms with Gasteiger partial charge in [0.15, 0.2) is 5.13 Å². The van der Waals surface area contributed by atoms with Crippen LogP contribution in [-0.4, -0.2) is 41.5 Å². The van der Waals surface area contributed by atoms with Crippen molar-refractivity contribution in [2.75, 3.05) is 28.8 Å². The first-order valence-electron chi connectivity index (χ1n) is 13.1. The van der Waals surface area contributed by atoms with E-state index >= 15 is 0 Å². The third-order valence-corrected chi connectivity index (χ3v) is 8.82. The van der Waals surface area contributed by atoms with Gasteiger partial charge in [-0.05, 0) is 35.9 Å². The van der Waals surface area contributed by atoms with E-state index in [1.54, 1.807) is 11.3 Å². The van der Waals surface area contributed by atoms with E-state index in [9.17, 15) is 8.42 Å². The monoisotopic (exact) mass is 570 g/mol. The van der Waals surface area contributed by atoms with Crippen LogP contribution in [-0.2, 0) is 29.5 Å². The quantitative estimate of drug-likeness (QED) is 0.217. The molecule has 2 aromatic carbocycles. The van der Waals surface area contributed by atoms with Crippen molar-refractivity contribution in [3.63, 3.8) is 0 Å². The number of thiazole rings is 1. The summed E-state index contributed by atoms with van der Waals surface area (Å²) in [5, 5.41) is 8.86. The standard InChI is InChI=1S/C30H30N6O2S2/c1-40(37,38)14-11-31-17-26-18-33-30(39-26)36-13-10-24-16-32-19-28(27(24)21-36)34-25-7-8-29-23(15-25)9-12-35(29)20-22-5-3-2-4-6-22/h2-10,12-13,15-16,18-19,31,34H,11,14,17,20-21H2,1H3. The van der Waals surface area contributed by atoms with Gasteiger partial charge in [0.25, 0.3) is 0 Å². The number of sulfone groups is 1. The third kappa shape index (κ3) is 6.09. The molecule has 0 bridgehead atoms. The van der Waals surface area contributed by atoms with Gasteiger partial charge in [0.2, 0.25) is 0 Å². The smallest absolute Gasteiger partial charge is 0.189 e. The van der Waals surface area contributed by atoms with Crippen molar-refractivity contribution >= 4 is 54.7 Å². The fraction of sp³-hybridized carbons (Fsp3) is 0.200. The van der Waals surface area contributed by atoms with Crippen LogP contribution in [0.5, 0.6) is 0 Å². The second-order valence-electron chi connectivity index (χ2n) is 9.94. The molecule has 204 valence electrons. The molecule has 0 fully saturated rings. The number of nitrogens with one attached hydrogen (secondary N) is 2. The van der Waals surface area contributed by atoms with Gasteiger partial charge in [0.1, 0.15) is 9.84 Å². The molecule has 0 atom stereocenters. The molecule has 1 aliphatic heterocycles. The first kappa shape index (κ1) is 26.2. The van der Waals surface area contributed by atoms with E-state index in [0.717, 1.165) is 39.1 Å². The lowest BCUT2D eigenvalue weighted by molar-refractivity contribution is 0.596. The Labute approximate surface area is 237 Å². The number of nitrogens with zero attached hydrogens (tertiary/aromatic N) is 4. The normalized spacial score (nSPS) is 13.1. The summed E-state index contributed by atoms with van der Waals surface area (Å²) in [6.45, 7) is 2.52. The van der Waals surface area contributed by atoms with E-state index in [-0.39, 0.29) is 5.75 Å². The van der Waals surface area contributed by atoms with Gasteiger partial charge in [-0.15, -0.1) is 11.3 Å². The number of pyridine rings is 1. The topological polar surface area (TPSA) is 92.2 Å². The predicted octanol–water partition coefficient (Wildman–Crippen LogP) is 5.41. The van der Waals surface area contributed by atoms with Crippen molar-refractivity contribution in [1.29, 1.82) is 0 Å². The summed E-state index contributed by atoms with van der Waals surface area (Å²) in [6, 6.07) is 19.1. The molecule has 0 saturated carbocycles. The van der Waals surface area contributed by atoms with Crippen molar-refractivity contribution in [3.8, 4) is 0 Å². The summed E-state index contributed by atoms with van der Waals surface area (Å²) < 4.78 is 25.0. The Morgan fingerprint density at radius 2 is 1.93 bits per heavy atom. The van der Waals surface area contributed by atoms with Crippen LogP contribution in [0.3, 0.4) is 0 Å². The maximum atomic E-state index is 11.3. The molecule has 40 heavy (non-hydrogen) atoms. The van der Waals surface area contributed by atoms with E-state index in [2.05, 4.69) is 90.9 Å². The highest BCUT2D eigenvalue weighted by molar-refractivity contribution is 7.90. The number of benzene rings is 2. The van der Waals surface area contributed by atoms with Gasteiger partial charge in [0.05, 0.1) is 24.2 Å². The Morgan fingerprint density at radius 3 is 2.77 bits per heavy atom.